The molecule has 1 aromatic rings. The number of hydrogen-bond acceptors (Lipinski definition) is 2. The highest BCUT2D eigenvalue weighted by molar-refractivity contribution is 5.42. The first kappa shape index (κ1) is 13.6. The van der Waals surface area contributed by atoms with Gasteiger partial charge in [0, 0.05) is 0 Å². The van der Waals surface area contributed by atoms with Crippen LogP contribution in [-0.2, 0) is 0 Å². The molecular formula is C19H26O2. The lowest BCUT2D eigenvalue weighted by atomic mass is 9.54. The van der Waals surface area contributed by atoms with Crippen LogP contribution < -0.4 is 0 Å². The van der Waals surface area contributed by atoms with Crippen molar-refractivity contribution in [1.82, 2.24) is 0 Å². The van der Waals surface area contributed by atoms with E-state index in [2.05, 4.69) is 19.9 Å². The van der Waals surface area contributed by atoms with E-state index in [0.717, 1.165) is 12.8 Å². The molecule has 0 saturated heterocycles. The van der Waals surface area contributed by atoms with Gasteiger partial charge in [0.1, 0.15) is 5.75 Å². The van der Waals surface area contributed by atoms with Crippen molar-refractivity contribution in [3.63, 3.8) is 0 Å². The summed E-state index contributed by atoms with van der Waals surface area (Å²) in [5, 5.41) is 20.2. The van der Waals surface area contributed by atoms with Gasteiger partial charge in [-0.3, -0.25) is 0 Å². The number of hydrogen-bond donors (Lipinski definition) is 2. The highest BCUT2D eigenvalue weighted by atomic mass is 16.3. The first-order valence-electron chi connectivity index (χ1n) is 8.51. The van der Waals surface area contributed by atoms with E-state index >= 15 is 0 Å². The Morgan fingerprint density at radius 1 is 1.14 bits per heavy atom. The van der Waals surface area contributed by atoms with Gasteiger partial charge in [0.15, 0.2) is 0 Å². The van der Waals surface area contributed by atoms with Crippen LogP contribution in [0.25, 0.3) is 0 Å². The number of aliphatic hydroxyl groups is 1. The monoisotopic (exact) mass is 286 g/mol. The van der Waals surface area contributed by atoms with Crippen LogP contribution in [0.2, 0.25) is 0 Å². The summed E-state index contributed by atoms with van der Waals surface area (Å²) in [6.07, 6.45) is 5.64. The molecule has 2 saturated carbocycles. The van der Waals surface area contributed by atoms with Crippen molar-refractivity contribution in [2.75, 3.05) is 0 Å². The van der Waals surface area contributed by atoms with E-state index in [1.165, 1.54) is 30.4 Å². The third-order valence-electron chi connectivity index (χ3n) is 7.01. The lowest BCUT2D eigenvalue weighted by molar-refractivity contribution is -0.0245. The number of aliphatic hydroxyl groups excluding tert-OH is 1. The van der Waals surface area contributed by atoms with Gasteiger partial charge in [-0.15, -0.1) is 0 Å². The maximum atomic E-state index is 10.4. The minimum absolute atomic E-state index is 0.0972. The molecule has 0 unspecified atom stereocenters. The summed E-state index contributed by atoms with van der Waals surface area (Å²) in [7, 11) is 0. The summed E-state index contributed by atoms with van der Waals surface area (Å²) in [4.78, 5) is 0. The van der Waals surface area contributed by atoms with E-state index in [9.17, 15) is 10.2 Å². The maximum absolute atomic E-state index is 10.4. The predicted molar refractivity (Wildman–Crippen MR) is 83.4 cm³/mol. The Hall–Kier alpha value is -1.02. The van der Waals surface area contributed by atoms with Crippen molar-refractivity contribution in [3.8, 4) is 5.75 Å². The molecule has 6 atom stereocenters. The van der Waals surface area contributed by atoms with Crippen LogP contribution in [0, 0.1) is 17.3 Å². The topological polar surface area (TPSA) is 40.5 Å². The third-order valence-corrected chi connectivity index (χ3v) is 7.01. The lowest BCUT2D eigenvalue weighted by Crippen LogP contribution is -2.44. The minimum Gasteiger partial charge on any atom is -0.508 e. The fourth-order valence-corrected chi connectivity index (χ4v) is 5.84. The van der Waals surface area contributed by atoms with Gasteiger partial charge < -0.3 is 10.2 Å². The van der Waals surface area contributed by atoms with Crippen molar-refractivity contribution in [3.05, 3.63) is 29.3 Å². The Bertz CT molecular complexity index is 567. The average molecular weight is 286 g/mol. The molecule has 114 valence electrons. The van der Waals surface area contributed by atoms with Crippen molar-refractivity contribution in [1.29, 1.82) is 0 Å². The van der Waals surface area contributed by atoms with Crippen LogP contribution in [0.3, 0.4) is 0 Å². The largest absolute Gasteiger partial charge is 0.508 e. The maximum Gasteiger partial charge on any atom is 0.115 e. The highest BCUT2D eigenvalue weighted by Crippen LogP contribution is 2.62. The van der Waals surface area contributed by atoms with E-state index < -0.39 is 0 Å². The van der Waals surface area contributed by atoms with Crippen molar-refractivity contribution in [2.45, 2.75) is 63.9 Å². The second-order valence-corrected chi connectivity index (χ2v) is 7.96. The summed E-state index contributed by atoms with van der Waals surface area (Å²) < 4.78 is 0. The van der Waals surface area contributed by atoms with Crippen molar-refractivity contribution < 1.29 is 10.2 Å². The molecule has 1 aromatic carbocycles. The minimum atomic E-state index is -0.0972. The van der Waals surface area contributed by atoms with E-state index in [1.807, 2.05) is 12.1 Å². The third kappa shape index (κ3) is 1.81. The van der Waals surface area contributed by atoms with Gasteiger partial charge in [0.2, 0.25) is 0 Å². The van der Waals surface area contributed by atoms with Crippen LogP contribution in [0.1, 0.15) is 68.9 Å². The fourth-order valence-electron chi connectivity index (χ4n) is 5.84. The van der Waals surface area contributed by atoms with E-state index in [0.29, 0.717) is 29.4 Å². The molecular weight excluding hydrogens is 260 g/mol. The van der Waals surface area contributed by atoms with Gasteiger partial charge >= 0.3 is 0 Å². The summed E-state index contributed by atoms with van der Waals surface area (Å²) in [5.41, 5.74) is 2.98. The van der Waals surface area contributed by atoms with Crippen LogP contribution in [0.15, 0.2) is 18.2 Å². The molecule has 21 heavy (non-hydrogen) atoms. The van der Waals surface area contributed by atoms with Gasteiger partial charge in [-0.2, -0.15) is 0 Å². The van der Waals surface area contributed by atoms with E-state index in [1.54, 1.807) is 0 Å². The first-order valence-corrected chi connectivity index (χ1v) is 8.51. The van der Waals surface area contributed by atoms with Crippen LogP contribution in [0.4, 0.5) is 0 Å². The summed E-state index contributed by atoms with van der Waals surface area (Å²) in [5.74, 6) is 2.95. The zero-order chi connectivity index (χ0) is 14.8. The van der Waals surface area contributed by atoms with E-state index in [4.69, 9.17) is 0 Å². The standard InChI is InChI=1S/C19H26O2/c1-11-9-16-14(13-4-3-12(20)10-15(11)13)7-8-19(2)17(16)5-6-18(19)21/h3-4,10-11,14,16-18,20-21H,5-9H2,1-2H3/t11-,14-,16-,17+,18+,19+/m1/s1. The molecule has 2 nitrogen and oxygen atoms in total. The van der Waals surface area contributed by atoms with Gasteiger partial charge in [0.05, 0.1) is 6.10 Å². The lowest BCUT2D eigenvalue weighted by Gasteiger charge is -2.51. The van der Waals surface area contributed by atoms with Gasteiger partial charge in [-0.05, 0) is 84.5 Å². The number of rotatable bonds is 0. The molecule has 0 bridgehead atoms. The summed E-state index contributed by atoms with van der Waals surface area (Å²) in [6.45, 7) is 4.62. The molecule has 2 N–H and O–H groups in total. The van der Waals surface area contributed by atoms with Crippen LogP contribution in [0.5, 0.6) is 5.75 Å². The number of phenolic OH excluding ortho intramolecular Hbond substituents is 1. The normalized spacial score (nSPS) is 44.8. The number of phenols is 1. The molecule has 3 aliphatic carbocycles. The Labute approximate surface area is 127 Å². The average Bonchev–Trinajstić information content (AvgIpc) is 2.76. The first-order chi connectivity index (χ1) is 10.0. The molecule has 4 rings (SSSR count). The van der Waals surface area contributed by atoms with Crippen molar-refractivity contribution in [2.24, 2.45) is 17.3 Å². The fraction of sp³-hybridized carbons (Fsp3) is 0.684. The molecule has 0 amide bonds. The quantitative estimate of drug-likeness (QED) is 0.751. The Morgan fingerprint density at radius 2 is 1.95 bits per heavy atom. The van der Waals surface area contributed by atoms with Crippen molar-refractivity contribution >= 4 is 0 Å². The Balaban J connectivity index is 1.75. The molecule has 2 heteroatoms. The van der Waals surface area contributed by atoms with Crippen LogP contribution in [-0.4, -0.2) is 16.3 Å². The van der Waals surface area contributed by atoms with Gasteiger partial charge in [0.25, 0.3) is 0 Å². The smallest absolute Gasteiger partial charge is 0.115 e. The molecule has 0 aromatic heterocycles. The number of fused-ring (bicyclic) bond motifs is 5. The van der Waals surface area contributed by atoms with Gasteiger partial charge in [-0.1, -0.05) is 19.9 Å². The zero-order valence-corrected chi connectivity index (χ0v) is 13.0. The molecule has 0 spiro atoms. The summed E-state index contributed by atoms with van der Waals surface area (Å²) in [6, 6.07) is 5.99. The Kier molecular flexibility index (Phi) is 2.91. The number of aromatic hydroxyl groups is 1. The zero-order valence-electron chi connectivity index (χ0n) is 13.0. The molecule has 0 radical (unpaired) electrons. The SMILES string of the molecule is C[C@@H]1C[C@@H]2[C@H](CC[C@]3(C)[C@@H](O)CC[C@@H]23)c2ccc(O)cc21. The molecule has 3 aliphatic rings. The highest BCUT2D eigenvalue weighted by Gasteiger charge is 2.54. The molecule has 2 fully saturated rings. The van der Waals surface area contributed by atoms with Gasteiger partial charge in [-0.25, -0.2) is 0 Å². The predicted octanol–water partition coefficient (Wildman–Crippen LogP) is 4.17. The molecule has 0 heterocycles. The second kappa shape index (κ2) is 4.49. The Morgan fingerprint density at radius 3 is 2.76 bits per heavy atom. The van der Waals surface area contributed by atoms with E-state index in [-0.39, 0.29) is 11.5 Å². The number of benzene rings is 1. The van der Waals surface area contributed by atoms with Crippen LogP contribution >= 0.6 is 0 Å². The molecule has 0 aliphatic heterocycles. The second-order valence-electron chi connectivity index (χ2n) is 7.96. The summed E-state index contributed by atoms with van der Waals surface area (Å²) >= 11 is 0.